The summed E-state index contributed by atoms with van der Waals surface area (Å²) in [6.07, 6.45) is -2.52. The SMILES string of the molecule is O=C(O)c1sc2ccncc2c1NC(=O)C(F)(F)F. The molecule has 0 saturated carbocycles. The molecule has 0 aromatic carbocycles. The van der Waals surface area contributed by atoms with Gasteiger partial charge in [-0.3, -0.25) is 9.78 Å². The van der Waals surface area contributed by atoms with E-state index in [0.29, 0.717) is 4.70 Å². The number of thiophene rings is 1. The van der Waals surface area contributed by atoms with Crippen LogP contribution in [0.15, 0.2) is 18.5 Å². The topological polar surface area (TPSA) is 79.3 Å². The molecule has 0 atom stereocenters. The fourth-order valence-corrected chi connectivity index (χ4v) is 2.36. The number of halogens is 3. The van der Waals surface area contributed by atoms with E-state index in [1.165, 1.54) is 18.5 Å². The van der Waals surface area contributed by atoms with Crippen LogP contribution in [0.5, 0.6) is 0 Å². The number of rotatable bonds is 2. The van der Waals surface area contributed by atoms with Crippen LogP contribution >= 0.6 is 11.3 Å². The van der Waals surface area contributed by atoms with Crippen LogP contribution in [-0.2, 0) is 4.79 Å². The second kappa shape index (κ2) is 4.50. The summed E-state index contributed by atoms with van der Waals surface area (Å²) in [6, 6.07) is 1.45. The zero-order chi connectivity index (χ0) is 14.2. The smallest absolute Gasteiger partial charge is 0.471 e. The molecule has 0 aliphatic heterocycles. The van der Waals surface area contributed by atoms with E-state index in [2.05, 4.69) is 4.98 Å². The number of aromatic nitrogens is 1. The molecule has 0 fully saturated rings. The van der Waals surface area contributed by atoms with Crippen LogP contribution in [0.3, 0.4) is 0 Å². The van der Waals surface area contributed by atoms with Crippen molar-refractivity contribution in [2.24, 2.45) is 0 Å². The number of hydrogen-bond acceptors (Lipinski definition) is 4. The van der Waals surface area contributed by atoms with Gasteiger partial charge in [0.1, 0.15) is 4.88 Å². The maximum Gasteiger partial charge on any atom is 0.471 e. The van der Waals surface area contributed by atoms with Gasteiger partial charge in [0.15, 0.2) is 0 Å². The summed E-state index contributed by atoms with van der Waals surface area (Å²) in [7, 11) is 0. The Kier molecular flexibility index (Phi) is 3.14. The first-order chi connectivity index (χ1) is 8.80. The molecule has 2 aromatic heterocycles. The van der Waals surface area contributed by atoms with Gasteiger partial charge in [0.05, 0.1) is 5.69 Å². The molecule has 0 aliphatic carbocycles. The van der Waals surface area contributed by atoms with Gasteiger partial charge in [0.2, 0.25) is 0 Å². The highest BCUT2D eigenvalue weighted by atomic mass is 32.1. The highest BCUT2D eigenvalue weighted by molar-refractivity contribution is 7.21. The van der Waals surface area contributed by atoms with Gasteiger partial charge in [-0.1, -0.05) is 0 Å². The van der Waals surface area contributed by atoms with Crippen LogP contribution in [-0.4, -0.2) is 28.1 Å². The quantitative estimate of drug-likeness (QED) is 0.890. The average molecular weight is 290 g/mol. The van der Waals surface area contributed by atoms with Gasteiger partial charge in [-0.15, -0.1) is 11.3 Å². The molecule has 0 unspecified atom stereocenters. The van der Waals surface area contributed by atoms with Crippen molar-refractivity contribution in [2.75, 3.05) is 5.32 Å². The molecular weight excluding hydrogens is 285 g/mol. The Bertz CT molecular complexity index is 666. The molecule has 2 aromatic rings. The first-order valence-corrected chi connectivity index (χ1v) is 5.60. The van der Waals surface area contributed by atoms with Crippen molar-refractivity contribution >= 4 is 39.0 Å². The molecule has 2 rings (SSSR count). The normalized spacial score (nSPS) is 11.5. The summed E-state index contributed by atoms with van der Waals surface area (Å²) < 4.78 is 37.0. The van der Waals surface area contributed by atoms with Gasteiger partial charge in [-0.25, -0.2) is 4.79 Å². The highest BCUT2D eigenvalue weighted by Gasteiger charge is 2.39. The molecule has 5 nitrogen and oxygen atoms in total. The zero-order valence-electron chi connectivity index (χ0n) is 8.99. The number of alkyl halides is 3. The van der Waals surface area contributed by atoms with Crippen LogP contribution in [0.1, 0.15) is 9.67 Å². The minimum Gasteiger partial charge on any atom is -0.477 e. The van der Waals surface area contributed by atoms with Crippen molar-refractivity contribution in [3.05, 3.63) is 23.3 Å². The van der Waals surface area contributed by atoms with E-state index in [1.807, 2.05) is 0 Å². The van der Waals surface area contributed by atoms with E-state index >= 15 is 0 Å². The Labute approximate surface area is 107 Å². The lowest BCUT2D eigenvalue weighted by atomic mass is 10.2. The van der Waals surface area contributed by atoms with Gasteiger partial charge in [0, 0.05) is 22.5 Å². The van der Waals surface area contributed by atoms with Crippen molar-refractivity contribution in [1.29, 1.82) is 0 Å². The molecule has 0 bridgehead atoms. The summed E-state index contributed by atoms with van der Waals surface area (Å²) in [5.74, 6) is -3.64. The first kappa shape index (κ1) is 13.3. The highest BCUT2D eigenvalue weighted by Crippen LogP contribution is 2.36. The average Bonchev–Trinajstić information content (AvgIpc) is 2.67. The van der Waals surface area contributed by atoms with Crippen LogP contribution in [0.2, 0.25) is 0 Å². The largest absolute Gasteiger partial charge is 0.477 e. The molecule has 0 radical (unpaired) electrons. The Balaban J connectivity index is 2.54. The number of nitrogens with one attached hydrogen (secondary N) is 1. The summed E-state index contributed by atoms with van der Waals surface area (Å²) in [5, 5.41) is 10.7. The minimum atomic E-state index is -5.09. The van der Waals surface area contributed by atoms with E-state index < -0.39 is 18.1 Å². The Morgan fingerprint density at radius 2 is 2.05 bits per heavy atom. The monoisotopic (exact) mass is 290 g/mol. The molecule has 9 heteroatoms. The Morgan fingerprint density at radius 1 is 1.37 bits per heavy atom. The molecule has 0 spiro atoms. The number of carbonyl (C=O) groups is 2. The second-order valence-corrected chi connectivity index (χ2v) is 4.49. The molecule has 2 N–H and O–H groups in total. The molecule has 2 heterocycles. The summed E-state index contributed by atoms with van der Waals surface area (Å²) in [5.41, 5.74) is -0.386. The number of carbonyl (C=O) groups excluding carboxylic acids is 1. The van der Waals surface area contributed by atoms with Crippen molar-refractivity contribution in [1.82, 2.24) is 4.98 Å². The van der Waals surface area contributed by atoms with Gasteiger partial charge < -0.3 is 10.4 Å². The van der Waals surface area contributed by atoms with Crippen molar-refractivity contribution in [3.63, 3.8) is 0 Å². The van der Waals surface area contributed by atoms with E-state index in [-0.39, 0.29) is 16.0 Å². The molecular formula is C10H5F3N2O3S. The number of carboxylic acids is 1. The molecule has 0 aliphatic rings. The molecule has 1 amide bonds. The number of nitrogens with zero attached hydrogens (tertiary/aromatic N) is 1. The van der Waals surface area contributed by atoms with E-state index in [1.54, 1.807) is 5.32 Å². The van der Waals surface area contributed by atoms with Crippen LogP contribution in [0.25, 0.3) is 10.1 Å². The molecule has 100 valence electrons. The predicted molar refractivity (Wildman–Crippen MR) is 61.3 cm³/mol. The minimum absolute atomic E-state index is 0.155. The van der Waals surface area contributed by atoms with Crippen LogP contribution in [0, 0.1) is 0 Å². The van der Waals surface area contributed by atoms with Gasteiger partial charge in [-0.05, 0) is 6.07 Å². The predicted octanol–water partition coefficient (Wildman–Crippen LogP) is 2.50. The van der Waals surface area contributed by atoms with Gasteiger partial charge in [0.25, 0.3) is 0 Å². The number of anilines is 1. The van der Waals surface area contributed by atoms with Crippen LogP contribution in [0.4, 0.5) is 18.9 Å². The lowest BCUT2D eigenvalue weighted by Crippen LogP contribution is -2.30. The summed E-state index contributed by atoms with van der Waals surface area (Å²) in [4.78, 5) is 25.2. The van der Waals surface area contributed by atoms with E-state index in [4.69, 9.17) is 5.11 Å². The van der Waals surface area contributed by atoms with Crippen molar-refractivity contribution < 1.29 is 27.9 Å². The maximum atomic E-state index is 12.2. The number of amides is 1. The second-order valence-electron chi connectivity index (χ2n) is 3.44. The fraction of sp³-hybridized carbons (Fsp3) is 0.100. The number of aromatic carboxylic acids is 1. The third-order valence-electron chi connectivity index (χ3n) is 2.18. The lowest BCUT2D eigenvalue weighted by molar-refractivity contribution is -0.167. The zero-order valence-corrected chi connectivity index (χ0v) is 9.80. The number of pyridine rings is 1. The standard InChI is InChI=1S/C10H5F3N2O3S/c11-10(12,13)9(18)15-6-4-3-14-2-1-5(4)19-7(6)8(16)17/h1-3H,(H,15,18)(H,16,17). The van der Waals surface area contributed by atoms with Gasteiger partial charge in [-0.2, -0.15) is 13.2 Å². The number of hydrogen-bond donors (Lipinski definition) is 2. The van der Waals surface area contributed by atoms with Gasteiger partial charge >= 0.3 is 18.1 Å². The fourth-order valence-electron chi connectivity index (χ4n) is 1.40. The Hall–Kier alpha value is -2.16. The number of fused-ring (bicyclic) bond motifs is 1. The van der Waals surface area contributed by atoms with Crippen molar-refractivity contribution in [2.45, 2.75) is 6.18 Å². The third kappa shape index (κ3) is 2.50. The Morgan fingerprint density at radius 3 is 2.63 bits per heavy atom. The lowest BCUT2D eigenvalue weighted by Gasteiger charge is -2.07. The first-order valence-electron chi connectivity index (χ1n) is 4.78. The van der Waals surface area contributed by atoms with Crippen LogP contribution < -0.4 is 5.32 Å². The number of carboxylic acid groups (broad SMARTS) is 1. The van der Waals surface area contributed by atoms with E-state index in [0.717, 1.165) is 11.3 Å². The molecule has 19 heavy (non-hydrogen) atoms. The van der Waals surface area contributed by atoms with Crippen molar-refractivity contribution in [3.8, 4) is 0 Å². The third-order valence-corrected chi connectivity index (χ3v) is 3.34. The summed E-state index contributed by atoms with van der Waals surface area (Å²) in [6.45, 7) is 0. The maximum absolute atomic E-state index is 12.2. The summed E-state index contributed by atoms with van der Waals surface area (Å²) >= 11 is 0.763. The molecule has 0 saturated heterocycles. The van der Waals surface area contributed by atoms with E-state index in [9.17, 15) is 22.8 Å².